The van der Waals surface area contributed by atoms with Crippen molar-refractivity contribution in [2.75, 3.05) is 31.8 Å². The van der Waals surface area contributed by atoms with Gasteiger partial charge in [0, 0.05) is 25.2 Å². The summed E-state index contributed by atoms with van der Waals surface area (Å²) in [5.41, 5.74) is 2.54. The third kappa shape index (κ3) is 17.6. The first-order valence-electron chi connectivity index (χ1n) is 24.1. The van der Waals surface area contributed by atoms with Crippen LogP contribution in [0.2, 0.25) is 36.3 Å². The lowest BCUT2D eigenvalue weighted by atomic mass is 9.92. The molecule has 1 aromatic carbocycles. The molecule has 3 aliphatic rings. The van der Waals surface area contributed by atoms with Crippen LogP contribution in [-0.2, 0) is 58.4 Å². The fourth-order valence-corrected chi connectivity index (χ4v) is 13.1. The van der Waals surface area contributed by atoms with E-state index in [1.807, 2.05) is 19.1 Å². The third-order valence-electron chi connectivity index (χ3n) is 14.5. The summed E-state index contributed by atoms with van der Waals surface area (Å²) in [6.45, 7) is 34.6. The molecule has 0 spiro atoms. The van der Waals surface area contributed by atoms with Crippen LogP contribution in [0.4, 0.5) is 0 Å². The maximum absolute atomic E-state index is 14.0. The molecule has 3 fully saturated rings. The lowest BCUT2D eigenvalue weighted by Crippen LogP contribution is -2.48. The molecule has 0 saturated carbocycles. The van der Waals surface area contributed by atoms with Crippen molar-refractivity contribution in [3.05, 3.63) is 54.1 Å². The van der Waals surface area contributed by atoms with Gasteiger partial charge in [-0.05, 0) is 123 Å². The number of hydrogen-bond acceptors (Lipinski definition) is 12. The summed E-state index contributed by atoms with van der Waals surface area (Å²) >= 11 is 0. The van der Waals surface area contributed by atoms with Gasteiger partial charge >= 0.3 is 0 Å². The van der Waals surface area contributed by atoms with Gasteiger partial charge in [-0.15, -0.1) is 0 Å². The highest BCUT2D eigenvalue weighted by molar-refractivity contribution is 7.91. The van der Waals surface area contributed by atoms with E-state index in [-0.39, 0.29) is 57.9 Å². The molecule has 0 aromatic heterocycles. The summed E-state index contributed by atoms with van der Waals surface area (Å²) in [6, 6.07) is 7.08. The van der Waals surface area contributed by atoms with Gasteiger partial charge in [-0.25, -0.2) is 8.42 Å². The van der Waals surface area contributed by atoms with Crippen molar-refractivity contribution < 1.29 is 53.9 Å². The van der Waals surface area contributed by atoms with Gasteiger partial charge in [0.05, 0.1) is 79.5 Å². The van der Waals surface area contributed by atoms with Gasteiger partial charge < -0.3 is 32.9 Å². The van der Waals surface area contributed by atoms with Crippen LogP contribution in [0.1, 0.15) is 125 Å². The van der Waals surface area contributed by atoms with Gasteiger partial charge in [-0.1, -0.05) is 73.8 Å². The summed E-state index contributed by atoms with van der Waals surface area (Å²) in [7, 11) is -11.9. The Hall–Kier alpha value is -1.29. The molecule has 374 valence electrons. The number of sulfone groups is 1. The Bertz CT molecular complexity index is 1900. The van der Waals surface area contributed by atoms with Crippen molar-refractivity contribution >= 4 is 36.6 Å². The Kier molecular flexibility index (Phi) is 20.4. The smallest absolute Gasteiger partial charge is 0.264 e. The number of aliphatic hydroxyl groups is 1. The van der Waals surface area contributed by atoms with E-state index in [0.717, 1.165) is 49.5 Å². The summed E-state index contributed by atoms with van der Waals surface area (Å²) in [5.74, 6) is -0.532. The van der Waals surface area contributed by atoms with Crippen molar-refractivity contribution in [3.8, 4) is 0 Å². The van der Waals surface area contributed by atoms with Gasteiger partial charge in [0.2, 0.25) is 0 Å². The normalized spacial score (nSPS) is 24.6. The van der Waals surface area contributed by atoms with E-state index in [9.17, 15) is 21.9 Å². The van der Waals surface area contributed by atoms with Crippen LogP contribution in [0.25, 0.3) is 0 Å². The summed E-state index contributed by atoms with van der Waals surface area (Å²) < 4.78 is 96.7. The van der Waals surface area contributed by atoms with Crippen LogP contribution in [0.5, 0.6) is 0 Å². The second-order valence-electron chi connectivity index (χ2n) is 22.0. The molecule has 12 nitrogen and oxygen atoms in total. The van der Waals surface area contributed by atoms with E-state index >= 15 is 0 Å². The highest BCUT2D eigenvalue weighted by atomic mass is 32.2. The summed E-state index contributed by atoms with van der Waals surface area (Å²) in [6.07, 6.45) is 4.42. The zero-order chi connectivity index (χ0) is 48.6. The first kappa shape index (κ1) is 56.3. The molecule has 3 saturated heterocycles. The van der Waals surface area contributed by atoms with Crippen LogP contribution >= 0.6 is 0 Å². The summed E-state index contributed by atoms with van der Waals surface area (Å²) in [5, 5.41) is 11.7. The number of aliphatic hydroxyl groups excluding tert-OH is 1. The van der Waals surface area contributed by atoms with Crippen molar-refractivity contribution in [2.45, 2.75) is 216 Å². The van der Waals surface area contributed by atoms with Gasteiger partial charge in [0.1, 0.15) is 0 Å². The van der Waals surface area contributed by atoms with E-state index < -0.39 is 60.8 Å². The molecule has 3 aliphatic heterocycles. The highest BCUT2D eigenvalue weighted by Gasteiger charge is 2.45. The molecule has 1 unspecified atom stereocenters. The molecule has 1 N–H and O–H groups in total. The second kappa shape index (κ2) is 23.5. The minimum Gasteiger partial charge on any atom is -0.414 e. The zero-order valence-electron chi connectivity index (χ0n) is 42.0. The van der Waals surface area contributed by atoms with Crippen LogP contribution in [0.3, 0.4) is 0 Å². The predicted octanol–water partition coefficient (Wildman–Crippen LogP) is 10.1. The molecular formula is C49H86O12S2Si2. The van der Waals surface area contributed by atoms with Crippen molar-refractivity contribution in [3.63, 3.8) is 0 Å². The van der Waals surface area contributed by atoms with E-state index in [2.05, 4.69) is 80.9 Å². The molecule has 1 aromatic rings. The number of aryl methyl sites for hydroxylation is 1. The minimum absolute atomic E-state index is 0.00476. The van der Waals surface area contributed by atoms with E-state index in [0.29, 0.717) is 63.9 Å². The van der Waals surface area contributed by atoms with Gasteiger partial charge in [-0.2, -0.15) is 8.42 Å². The molecular weight excluding hydrogens is 901 g/mol. The topological polar surface area (TPSA) is 153 Å². The molecule has 3 heterocycles. The molecule has 0 amide bonds. The van der Waals surface area contributed by atoms with Crippen LogP contribution in [-0.4, -0.2) is 119 Å². The lowest BCUT2D eigenvalue weighted by Gasteiger charge is -2.42. The van der Waals surface area contributed by atoms with Crippen LogP contribution < -0.4 is 0 Å². The summed E-state index contributed by atoms with van der Waals surface area (Å²) in [4.78, 5) is 0.270. The fourth-order valence-electron chi connectivity index (χ4n) is 8.34. The quantitative estimate of drug-likeness (QED) is 0.0564. The van der Waals surface area contributed by atoms with Gasteiger partial charge in [-0.3, -0.25) is 4.18 Å². The minimum atomic E-state index is -3.78. The Morgan fingerprint density at radius 3 is 2.08 bits per heavy atom. The average molecular weight is 988 g/mol. The van der Waals surface area contributed by atoms with Crippen LogP contribution in [0.15, 0.2) is 53.5 Å². The Morgan fingerprint density at radius 1 is 0.862 bits per heavy atom. The maximum Gasteiger partial charge on any atom is 0.264 e. The van der Waals surface area contributed by atoms with Gasteiger partial charge in [0.15, 0.2) is 32.8 Å². The first-order valence-corrected chi connectivity index (χ1v) is 33.4. The van der Waals surface area contributed by atoms with Crippen LogP contribution in [0, 0.1) is 5.92 Å². The molecule has 0 bridgehead atoms. The molecule has 65 heavy (non-hydrogen) atoms. The lowest BCUT2D eigenvalue weighted by molar-refractivity contribution is -0.184. The van der Waals surface area contributed by atoms with Crippen molar-refractivity contribution in [1.29, 1.82) is 0 Å². The predicted molar refractivity (Wildman–Crippen MR) is 264 cm³/mol. The largest absolute Gasteiger partial charge is 0.414 e. The number of rotatable bonds is 25. The Labute approximate surface area is 396 Å². The van der Waals surface area contributed by atoms with Crippen molar-refractivity contribution in [2.24, 2.45) is 5.92 Å². The molecule has 16 heteroatoms. The molecule has 0 radical (unpaired) electrons. The molecule has 4 rings (SSSR count). The molecule has 8 atom stereocenters. The number of ether oxygens (including phenoxy) is 4. The zero-order valence-corrected chi connectivity index (χ0v) is 45.6. The van der Waals surface area contributed by atoms with E-state index in [4.69, 9.17) is 32.0 Å². The van der Waals surface area contributed by atoms with Gasteiger partial charge in [0.25, 0.3) is 10.1 Å². The Balaban J connectivity index is 1.46. The monoisotopic (exact) mass is 987 g/mol. The number of hydrogen-bond donors (Lipinski definition) is 1. The highest BCUT2D eigenvalue weighted by Crippen LogP contribution is 2.42. The second-order valence-corrected chi connectivity index (χ2v) is 35.2. The SMILES string of the molecule is C=C1C[C@H](CCC2OCCCO2)O[C@H]1CC[C@H](CCC(=C)[C@@H](O)C[C@@H]1O[C@H](CC(CO[Si](C)(C)C(C)(C)C)O[Si](C)(C)C(C)(C)C)C[C@H]1CS(=O)(=O)c1ccc(CC)cc1)OS(C)(=O)=O. The maximum atomic E-state index is 14.0. The standard InChI is InChI=1S/C49H86O12S2Si2/c1-15-37-18-23-43(24-19-37)63(53,54)34-38-30-41(31-42(61-65(13,14)49(7,8)9)33-57-64(11,12)48(4,5)6)59-46(38)32-44(50)35(2)17-20-39(60-62(10,51)52)21-25-45-36(3)29-40(58-45)22-26-47-55-27-16-28-56-47/h18-19,23-24,38-42,44-47,50H,2-3,15-17,20-22,25-34H2,1,4-14H3/t38-,39-,40-,41-,42?,44-,45-,46-/m0/s1. The number of benzene rings is 1. The van der Waals surface area contributed by atoms with Crippen molar-refractivity contribution in [1.82, 2.24) is 0 Å². The average Bonchev–Trinajstić information content (AvgIpc) is 3.75. The fraction of sp³-hybridized carbons (Fsp3) is 0.796. The third-order valence-corrected chi connectivity index (χ3v) is 26.0. The first-order chi connectivity index (χ1) is 30.0. The van der Waals surface area contributed by atoms with E-state index in [1.54, 1.807) is 12.1 Å². The molecule has 0 aliphatic carbocycles. The van der Waals surface area contributed by atoms with E-state index in [1.165, 1.54) is 0 Å². The Morgan fingerprint density at radius 2 is 1.49 bits per heavy atom.